The lowest BCUT2D eigenvalue weighted by molar-refractivity contribution is -0.126. The summed E-state index contributed by atoms with van der Waals surface area (Å²) in [4.78, 5) is 18.3. The number of benzene rings is 2. The number of allylic oxidation sites excluding steroid dienone is 1. The van der Waals surface area contributed by atoms with Crippen LogP contribution >= 0.6 is 0 Å². The molecular weight excluding hydrogens is 364 g/mol. The molecule has 1 amide bonds. The lowest BCUT2D eigenvalue weighted by atomic mass is 10.2. The summed E-state index contributed by atoms with van der Waals surface area (Å²) >= 11 is 0. The summed E-state index contributed by atoms with van der Waals surface area (Å²) in [7, 11) is 0. The van der Waals surface area contributed by atoms with Crippen LogP contribution in [-0.2, 0) is 11.3 Å². The van der Waals surface area contributed by atoms with Crippen molar-refractivity contribution in [3.05, 3.63) is 72.1 Å². The molecule has 0 aromatic heterocycles. The topological polar surface area (TPSA) is 51.1 Å². The fraction of sp³-hybridized carbons (Fsp3) is 0.333. The highest BCUT2D eigenvalue weighted by molar-refractivity contribution is 5.74. The number of nitrogens with zero attached hydrogens (tertiary/aromatic N) is 2. The molecule has 0 aliphatic carbocycles. The summed E-state index contributed by atoms with van der Waals surface area (Å²) < 4.78 is 11.9. The zero-order chi connectivity index (χ0) is 20.9. The van der Waals surface area contributed by atoms with Crippen LogP contribution in [0.15, 0.2) is 71.5 Å². The van der Waals surface area contributed by atoms with E-state index in [9.17, 15) is 4.79 Å². The van der Waals surface area contributed by atoms with Gasteiger partial charge in [0.2, 0.25) is 5.91 Å². The van der Waals surface area contributed by atoms with Gasteiger partial charge in [-0.05, 0) is 31.5 Å². The number of amides is 1. The summed E-state index contributed by atoms with van der Waals surface area (Å²) in [5, 5.41) is 0. The molecule has 0 spiro atoms. The number of rotatable bonds is 11. The predicted molar refractivity (Wildman–Crippen MR) is 117 cm³/mol. The van der Waals surface area contributed by atoms with E-state index in [1.807, 2.05) is 67.7 Å². The molecule has 5 nitrogen and oxygen atoms in total. The third-order valence-electron chi connectivity index (χ3n) is 4.08. The summed E-state index contributed by atoms with van der Waals surface area (Å²) in [5.41, 5.74) is 0.952. The Morgan fingerprint density at radius 3 is 2.48 bits per heavy atom. The van der Waals surface area contributed by atoms with Gasteiger partial charge in [-0.25, -0.2) is 0 Å². The molecule has 0 atom stereocenters. The molecule has 0 aliphatic rings. The van der Waals surface area contributed by atoms with Crippen molar-refractivity contribution in [1.29, 1.82) is 0 Å². The Balaban J connectivity index is 2.26. The maximum Gasteiger partial charge on any atom is 0.223 e. The van der Waals surface area contributed by atoms with Crippen molar-refractivity contribution in [2.75, 3.05) is 13.2 Å². The van der Waals surface area contributed by atoms with Crippen LogP contribution in [0, 0.1) is 0 Å². The molecule has 0 fully saturated rings. The molecule has 0 bridgehead atoms. The second-order valence-corrected chi connectivity index (χ2v) is 6.50. The van der Waals surface area contributed by atoms with E-state index >= 15 is 0 Å². The van der Waals surface area contributed by atoms with E-state index in [-0.39, 0.29) is 5.91 Å². The maximum absolute atomic E-state index is 12.3. The minimum atomic E-state index is -0.0723. The fourth-order valence-corrected chi connectivity index (χ4v) is 2.64. The van der Waals surface area contributed by atoms with Gasteiger partial charge in [0.15, 0.2) is 0 Å². The lowest BCUT2D eigenvalue weighted by Gasteiger charge is -2.20. The van der Waals surface area contributed by atoms with Crippen LogP contribution in [0.5, 0.6) is 11.5 Å². The highest BCUT2D eigenvalue weighted by atomic mass is 16.5. The van der Waals surface area contributed by atoms with Crippen molar-refractivity contribution in [2.24, 2.45) is 4.99 Å². The lowest BCUT2D eigenvalue weighted by Crippen LogP contribution is -2.24. The first kappa shape index (κ1) is 22.2. The highest BCUT2D eigenvalue weighted by Crippen LogP contribution is 2.22. The second-order valence-electron chi connectivity index (χ2n) is 6.50. The van der Waals surface area contributed by atoms with Crippen LogP contribution in [0.2, 0.25) is 0 Å². The van der Waals surface area contributed by atoms with Gasteiger partial charge in [-0.2, -0.15) is 0 Å². The maximum atomic E-state index is 12.3. The first-order chi connectivity index (χ1) is 14.1. The molecule has 29 heavy (non-hydrogen) atoms. The standard InChI is InChI=1S/C24H30N2O3/c1-4-17-28-24-14-10-9-11-21(24)18-26(20(3)27)19-23(15-16-25-5-2)29-22-12-7-6-8-13-22/h6-14,16,19H,4-5,15,17-18H2,1-3H3. The van der Waals surface area contributed by atoms with Gasteiger partial charge >= 0.3 is 0 Å². The number of carbonyl (C=O) groups is 1. The van der Waals surface area contributed by atoms with Gasteiger partial charge in [-0.15, -0.1) is 0 Å². The molecule has 0 radical (unpaired) electrons. The number of aliphatic imine (C=N–C) groups is 1. The predicted octanol–water partition coefficient (Wildman–Crippen LogP) is 5.23. The normalized spacial score (nSPS) is 11.5. The van der Waals surface area contributed by atoms with Gasteiger partial charge in [0.05, 0.1) is 13.2 Å². The van der Waals surface area contributed by atoms with Gasteiger partial charge in [-0.3, -0.25) is 9.79 Å². The molecule has 2 aromatic carbocycles. The number of para-hydroxylation sites is 2. The molecule has 0 saturated carbocycles. The van der Waals surface area contributed by atoms with Crippen LogP contribution < -0.4 is 9.47 Å². The Hall–Kier alpha value is -3.08. The zero-order valence-electron chi connectivity index (χ0n) is 17.5. The molecule has 5 heteroatoms. The van der Waals surface area contributed by atoms with Crippen molar-refractivity contribution in [1.82, 2.24) is 4.90 Å². The molecule has 2 aromatic rings. The van der Waals surface area contributed by atoms with Gasteiger partial charge in [0.1, 0.15) is 17.3 Å². The van der Waals surface area contributed by atoms with E-state index in [1.165, 1.54) is 0 Å². The van der Waals surface area contributed by atoms with E-state index in [0.29, 0.717) is 31.9 Å². The zero-order valence-corrected chi connectivity index (χ0v) is 17.5. The van der Waals surface area contributed by atoms with Crippen molar-refractivity contribution in [3.63, 3.8) is 0 Å². The molecular formula is C24H30N2O3. The van der Waals surface area contributed by atoms with E-state index in [4.69, 9.17) is 9.47 Å². The fourth-order valence-electron chi connectivity index (χ4n) is 2.64. The number of hydrogen-bond acceptors (Lipinski definition) is 4. The van der Waals surface area contributed by atoms with Crippen LogP contribution in [-0.4, -0.2) is 30.2 Å². The Morgan fingerprint density at radius 1 is 1.07 bits per heavy atom. The molecule has 154 valence electrons. The monoisotopic (exact) mass is 394 g/mol. The Labute approximate surface area is 173 Å². The largest absolute Gasteiger partial charge is 0.493 e. The average Bonchev–Trinajstić information content (AvgIpc) is 2.73. The first-order valence-electron chi connectivity index (χ1n) is 10.0. The van der Waals surface area contributed by atoms with E-state index in [1.54, 1.807) is 18.0 Å². The quantitative estimate of drug-likeness (QED) is 0.388. The van der Waals surface area contributed by atoms with E-state index in [0.717, 1.165) is 23.5 Å². The first-order valence-corrected chi connectivity index (χ1v) is 10.0. The van der Waals surface area contributed by atoms with E-state index in [2.05, 4.69) is 11.9 Å². The molecule has 0 unspecified atom stereocenters. The molecule has 0 saturated heterocycles. The van der Waals surface area contributed by atoms with Gasteiger partial charge in [-0.1, -0.05) is 43.3 Å². The number of hydrogen-bond donors (Lipinski definition) is 0. The van der Waals surface area contributed by atoms with Crippen LogP contribution in [0.3, 0.4) is 0 Å². The minimum Gasteiger partial charge on any atom is -0.493 e. The van der Waals surface area contributed by atoms with Crippen molar-refractivity contribution in [3.8, 4) is 11.5 Å². The van der Waals surface area contributed by atoms with Crippen LogP contribution in [0.1, 0.15) is 39.2 Å². The van der Waals surface area contributed by atoms with Gasteiger partial charge < -0.3 is 14.4 Å². The smallest absolute Gasteiger partial charge is 0.223 e. The third kappa shape index (κ3) is 7.82. The van der Waals surface area contributed by atoms with Crippen molar-refractivity contribution < 1.29 is 14.3 Å². The number of carbonyl (C=O) groups excluding carboxylic acids is 1. The average molecular weight is 395 g/mol. The minimum absolute atomic E-state index is 0.0723. The molecule has 0 aliphatic heterocycles. The molecule has 2 rings (SSSR count). The third-order valence-corrected chi connectivity index (χ3v) is 4.08. The Morgan fingerprint density at radius 2 is 1.79 bits per heavy atom. The van der Waals surface area contributed by atoms with E-state index < -0.39 is 0 Å². The Kier molecular flexibility index (Phi) is 9.49. The van der Waals surface area contributed by atoms with Gasteiger partial charge in [0.25, 0.3) is 0 Å². The summed E-state index contributed by atoms with van der Waals surface area (Å²) in [5.74, 6) is 2.10. The molecule has 0 heterocycles. The second kappa shape index (κ2) is 12.4. The highest BCUT2D eigenvalue weighted by Gasteiger charge is 2.13. The van der Waals surface area contributed by atoms with Crippen molar-refractivity contribution in [2.45, 2.75) is 40.2 Å². The summed E-state index contributed by atoms with van der Waals surface area (Å²) in [6.07, 6.45) is 5.00. The summed E-state index contributed by atoms with van der Waals surface area (Å²) in [6.45, 7) is 7.35. The SMILES string of the molecule is CCCOc1ccccc1CN(C=C(CC=NCC)Oc1ccccc1)C(C)=O. The van der Waals surface area contributed by atoms with Crippen LogP contribution in [0.25, 0.3) is 0 Å². The Bertz CT molecular complexity index is 816. The van der Waals surface area contributed by atoms with Crippen molar-refractivity contribution >= 4 is 12.1 Å². The number of ether oxygens (including phenoxy) is 2. The van der Waals surface area contributed by atoms with Crippen LogP contribution in [0.4, 0.5) is 0 Å². The summed E-state index contributed by atoms with van der Waals surface area (Å²) in [6, 6.07) is 17.3. The van der Waals surface area contributed by atoms with Gasteiger partial charge in [0, 0.05) is 37.9 Å². The molecule has 0 N–H and O–H groups in total.